The van der Waals surface area contributed by atoms with E-state index in [1.807, 2.05) is 12.1 Å². The lowest BCUT2D eigenvalue weighted by Crippen LogP contribution is -2.19. The summed E-state index contributed by atoms with van der Waals surface area (Å²) in [6, 6.07) is 14.6. The molecule has 2 aromatic rings. The predicted molar refractivity (Wildman–Crippen MR) is 90.3 cm³/mol. The summed E-state index contributed by atoms with van der Waals surface area (Å²) in [5, 5.41) is 0.845. The Labute approximate surface area is 134 Å². The first kappa shape index (κ1) is 15.6. The molecule has 1 atom stereocenters. The van der Waals surface area contributed by atoms with Crippen LogP contribution in [0.1, 0.15) is 16.7 Å². The number of nitrogens with two attached hydrogens (primary N) is 1. The molecule has 0 radical (unpaired) electrons. The minimum Gasteiger partial charge on any atom is -0.330 e. The van der Waals surface area contributed by atoms with E-state index in [1.165, 1.54) is 16.7 Å². The average molecular weight is 353 g/mol. The highest BCUT2D eigenvalue weighted by atomic mass is 79.9. The fourth-order valence-corrected chi connectivity index (χ4v) is 3.12. The fraction of sp³-hybridized carbons (Fsp3) is 0.294. The lowest BCUT2D eigenvalue weighted by Gasteiger charge is -2.16. The molecule has 0 fully saturated rings. The SMILES string of the molecule is Cc1ccc(CC(CN)Cc2cccc(Br)c2)c(Cl)c1. The van der Waals surface area contributed by atoms with Crippen molar-refractivity contribution in [2.24, 2.45) is 11.7 Å². The lowest BCUT2D eigenvalue weighted by atomic mass is 9.92. The molecule has 0 saturated carbocycles. The number of hydrogen-bond donors (Lipinski definition) is 1. The van der Waals surface area contributed by atoms with Gasteiger partial charge in [-0.3, -0.25) is 0 Å². The second kappa shape index (κ2) is 7.26. The molecule has 1 nitrogen and oxygen atoms in total. The van der Waals surface area contributed by atoms with Crippen LogP contribution < -0.4 is 5.73 Å². The van der Waals surface area contributed by atoms with Gasteiger partial charge in [0, 0.05) is 9.50 Å². The van der Waals surface area contributed by atoms with Crippen molar-refractivity contribution in [3.63, 3.8) is 0 Å². The highest BCUT2D eigenvalue weighted by Crippen LogP contribution is 2.23. The van der Waals surface area contributed by atoms with Gasteiger partial charge in [0.15, 0.2) is 0 Å². The van der Waals surface area contributed by atoms with Crippen molar-refractivity contribution in [2.75, 3.05) is 6.54 Å². The van der Waals surface area contributed by atoms with Crippen molar-refractivity contribution >= 4 is 27.5 Å². The van der Waals surface area contributed by atoms with Crippen LogP contribution in [-0.4, -0.2) is 6.54 Å². The Hall–Kier alpha value is -0.830. The van der Waals surface area contributed by atoms with Gasteiger partial charge in [-0.15, -0.1) is 0 Å². The molecule has 0 bridgehead atoms. The van der Waals surface area contributed by atoms with Gasteiger partial charge < -0.3 is 5.73 Å². The Kier molecular flexibility index (Phi) is 5.64. The van der Waals surface area contributed by atoms with Gasteiger partial charge in [0.2, 0.25) is 0 Å². The van der Waals surface area contributed by atoms with Crippen molar-refractivity contribution in [1.82, 2.24) is 0 Å². The highest BCUT2D eigenvalue weighted by Gasteiger charge is 2.11. The summed E-state index contributed by atoms with van der Waals surface area (Å²) < 4.78 is 1.11. The zero-order valence-electron chi connectivity index (χ0n) is 11.6. The van der Waals surface area contributed by atoms with Crippen LogP contribution in [0.5, 0.6) is 0 Å². The number of benzene rings is 2. The van der Waals surface area contributed by atoms with Crippen molar-refractivity contribution in [1.29, 1.82) is 0 Å². The van der Waals surface area contributed by atoms with E-state index >= 15 is 0 Å². The van der Waals surface area contributed by atoms with E-state index in [4.69, 9.17) is 17.3 Å². The third-order valence-corrected chi connectivity index (χ3v) is 4.31. The summed E-state index contributed by atoms with van der Waals surface area (Å²) in [5.74, 6) is 0.407. The topological polar surface area (TPSA) is 26.0 Å². The molecule has 2 aromatic carbocycles. The molecule has 106 valence electrons. The monoisotopic (exact) mass is 351 g/mol. The van der Waals surface area contributed by atoms with Gasteiger partial charge in [-0.25, -0.2) is 0 Å². The van der Waals surface area contributed by atoms with Gasteiger partial charge in [-0.05, 0) is 67.1 Å². The smallest absolute Gasteiger partial charge is 0.0440 e. The summed E-state index contributed by atoms with van der Waals surface area (Å²) in [4.78, 5) is 0. The van der Waals surface area contributed by atoms with Gasteiger partial charge >= 0.3 is 0 Å². The van der Waals surface area contributed by atoms with E-state index in [1.54, 1.807) is 0 Å². The van der Waals surface area contributed by atoms with E-state index in [0.29, 0.717) is 12.5 Å². The van der Waals surface area contributed by atoms with Crippen molar-refractivity contribution < 1.29 is 0 Å². The van der Waals surface area contributed by atoms with Crippen LogP contribution in [0.3, 0.4) is 0 Å². The molecular weight excluding hydrogens is 334 g/mol. The van der Waals surface area contributed by atoms with Crippen LogP contribution in [0.2, 0.25) is 5.02 Å². The molecule has 0 saturated heterocycles. The van der Waals surface area contributed by atoms with Crippen molar-refractivity contribution in [3.05, 3.63) is 68.7 Å². The summed E-state index contributed by atoms with van der Waals surface area (Å²) in [6.07, 6.45) is 1.89. The third-order valence-electron chi connectivity index (χ3n) is 3.46. The maximum atomic E-state index is 6.31. The van der Waals surface area contributed by atoms with Gasteiger partial charge in [0.25, 0.3) is 0 Å². The third kappa shape index (κ3) is 4.34. The summed E-state index contributed by atoms with van der Waals surface area (Å²) in [6.45, 7) is 2.72. The van der Waals surface area contributed by atoms with Gasteiger partial charge in [0.1, 0.15) is 0 Å². The minimum absolute atomic E-state index is 0.407. The Morgan fingerprint density at radius 2 is 1.95 bits per heavy atom. The van der Waals surface area contributed by atoms with E-state index < -0.39 is 0 Å². The van der Waals surface area contributed by atoms with Crippen LogP contribution in [0, 0.1) is 12.8 Å². The largest absolute Gasteiger partial charge is 0.330 e. The lowest BCUT2D eigenvalue weighted by molar-refractivity contribution is 0.533. The number of rotatable bonds is 5. The second-order valence-electron chi connectivity index (χ2n) is 5.23. The van der Waals surface area contributed by atoms with E-state index in [2.05, 4.69) is 53.2 Å². The van der Waals surface area contributed by atoms with Crippen LogP contribution >= 0.6 is 27.5 Å². The molecule has 20 heavy (non-hydrogen) atoms. The maximum Gasteiger partial charge on any atom is 0.0440 e. The normalized spacial score (nSPS) is 12.4. The molecule has 0 aromatic heterocycles. The zero-order valence-corrected chi connectivity index (χ0v) is 13.9. The van der Waals surface area contributed by atoms with E-state index in [0.717, 1.165) is 22.3 Å². The van der Waals surface area contributed by atoms with Crippen molar-refractivity contribution in [2.45, 2.75) is 19.8 Å². The van der Waals surface area contributed by atoms with Crippen LogP contribution in [0.15, 0.2) is 46.9 Å². The van der Waals surface area contributed by atoms with Crippen LogP contribution in [0.4, 0.5) is 0 Å². The second-order valence-corrected chi connectivity index (χ2v) is 6.56. The summed E-state index contributed by atoms with van der Waals surface area (Å²) >= 11 is 9.82. The molecule has 0 heterocycles. The molecule has 0 spiro atoms. The molecule has 2 N–H and O–H groups in total. The average Bonchev–Trinajstić information content (AvgIpc) is 2.41. The standard InChI is InChI=1S/C17H19BrClN/c1-12-5-6-15(17(19)7-12)9-14(11-20)8-13-3-2-4-16(18)10-13/h2-7,10,14H,8-9,11,20H2,1H3. The number of aryl methyl sites for hydroxylation is 1. The Morgan fingerprint density at radius 3 is 2.60 bits per heavy atom. The molecule has 0 aliphatic heterocycles. The Bertz CT molecular complexity index is 583. The quantitative estimate of drug-likeness (QED) is 0.824. The highest BCUT2D eigenvalue weighted by molar-refractivity contribution is 9.10. The van der Waals surface area contributed by atoms with E-state index in [-0.39, 0.29) is 0 Å². The van der Waals surface area contributed by atoms with Gasteiger partial charge in [-0.1, -0.05) is 51.8 Å². The molecule has 2 rings (SSSR count). The molecule has 1 unspecified atom stereocenters. The summed E-state index contributed by atoms with van der Waals surface area (Å²) in [5.41, 5.74) is 9.61. The number of halogens is 2. The fourth-order valence-electron chi connectivity index (χ4n) is 2.36. The Morgan fingerprint density at radius 1 is 1.15 bits per heavy atom. The van der Waals surface area contributed by atoms with Crippen LogP contribution in [-0.2, 0) is 12.8 Å². The minimum atomic E-state index is 0.407. The first-order valence-electron chi connectivity index (χ1n) is 6.78. The van der Waals surface area contributed by atoms with Gasteiger partial charge in [0.05, 0.1) is 0 Å². The summed E-state index contributed by atoms with van der Waals surface area (Å²) in [7, 11) is 0. The first-order chi connectivity index (χ1) is 9.58. The Balaban J connectivity index is 2.09. The van der Waals surface area contributed by atoms with E-state index in [9.17, 15) is 0 Å². The molecule has 0 aliphatic rings. The maximum absolute atomic E-state index is 6.31. The zero-order chi connectivity index (χ0) is 14.5. The number of hydrogen-bond acceptors (Lipinski definition) is 1. The molecule has 0 aliphatic carbocycles. The van der Waals surface area contributed by atoms with Gasteiger partial charge in [-0.2, -0.15) is 0 Å². The van der Waals surface area contributed by atoms with Crippen molar-refractivity contribution in [3.8, 4) is 0 Å². The molecule has 0 amide bonds. The van der Waals surface area contributed by atoms with Crippen LogP contribution in [0.25, 0.3) is 0 Å². The molecule has 3 heteroatoms. The first-order valence-corrected chi connectivity index (χ1v) is 7.95. The molecular formula is C17H19BrClN. The predicted octanol–water partition coefficient (Wildman–Crippen LogP) is 4.77.